The predicted octanol–water partition coefficient (Wildman–Crippen LogP) is 6.24. The Hall–Kier alpha value is -3.19. The fourth-order valence-electron chi connectivity index (χ4n) is 4.23. The van der Waals surface area contributed by atoms with Crippen molar-refractivity contribution in [1.82, 2.24) is 20.1 Å². The zero-order chi connectivity index (χ0) is 24.1. The number of aliphatic imine (C=N–C) groups is 1. The van der Waals surface area contributed by atoms with Crippen LogP contribution in [0.3, 0.4) is 0 Å². The molecule has 0 radical (unpaired) electrons. The van der Waals surface area contributed by atoms with E-state index in [4.69, 9.17) is 16.0 Å². The maximum Gasteiger partial charge on any atom is 0.250 e. The molecule has 2 aromatic heterocycles. The molecule has 8 heteroatoms. The van der Waals surface area contributed by atoms with Crippen molar-refractivity contribution in [3.05, 3.63) is 82.6 Å². The fraction of sp³-hybridized carbons (Fsp3) is 0.385. The van der Waals surface area contributed by atoms with Crippen LogP contribution in [0.4, 0.5) is 0 Å². The van der Waals surface area contributed by atoms with Crippen molar-refractivity contribution >= 4 is 23.0 Å². The molecule has 1 unspecified atom stereocenters. The first-order valence-electron chi connectivity index (χ1n) is 11.7. The first kappa shape index (κ1) is 24.0. The van der Waals surface area contributed by atoms with Gasteiger partial charge in [0.15, 0.2) is 0 Å². The molecule has 7 nitrogen and oxygen atoms in total. The highest BCUT2D eigenvalue weighted by Crippen LogP contribution is 2.35. The van der Waals surface area contributed by atoms with Crippen molar-refractivity contribution in [1.29, 1.82) is 0 Å². The summed E-state index contributed by atoms with van der Waals surface area (Å²) in [5.41, 5.74) is 2.51. The summed E-state index contributed by atoms with van der Waals surface area (Å²) in [7, 11) is 0. The summed E-state index contributed by atoms with van der Waals surface area (Å²) in [4.78, 5) is 11.2. The minimum Gasteiger partial charge on any atom is -0.493 e. The molecule has 1 aliphatic heterocycles. The Morgan fingerprint density at radius 1 is 1.12 bits per heavy atom. The third-order valence-corrected chi connectivity index (χ3v) is 6.10. The standard InChI is InChI=1S/C26H30ClN5O2/c1-4-5-11-22-29-25(33)21(16-32(22)24(17(2)3)18-9-7-6-8-10-18)26-31-30-23(34-26)14-20-13-12-19(27)15-28-20/h6-10,12-13,15,17,24,33H,4-5,11,14,16H2,1-3H3. The van der Waals surface area contributed by atoms with E-state index in [1.807, 2.05) is 12.1 Å². The van der Waals surface area contributed by atoms with E-state index >= 15 is 0 Å². The molecular formula is C26H30ClN5O2. The Kier molecular flexibility index (Phi) is 7.63. The minimum absolute atomic E-state index is 0.0576. The van der Waals surface area contributed by atoms with Crippen LogP contribution in [0, 0.1) is 5.92 Å². The molecule has 3 aromatic rings. The molecule has 0 saturated carbocycles. The van der Waals surface area contributed by atoms with Gasteiger partial charge in [0, 0.05) is 18.3 Å². The molecule has 1 N–H and O–H groups in total. The van der Waals surface area contributed by atoms with Gasteiger partial charge in [0.05, 0.1) is 29.6 Å². The molecule has 178 valence electrons. The van der Waals surface area contributed by atoms with Crippen molar-refractivity contribution in [2.75, 3.05) is 6.54 Å². The summed E-state index contributed by atoms with van der Waals surface area (Å²) in [5.74, 6) is 1.85. The molecule has 3 heterocycles. The van der Waals surface area contributed by atoms with Crippen LogP contribution >= 0.6 is 11.6 Å². The summed E-state index contributed by atoms with van der Waals surface area (Å²) in [5, 5.41) is 19.8. The van der Waals surface area contributed by atoms with Crippen molar-refractivity contribution < 1.29 is 9.52 Å². The molecule has 0 bridgehead atoms. The van der Waals surface area contributed by atoms with Gasteiger partial charge >= 0.3 is 0 Å². The Balaban J connectivity index is 1.64. The highest BCUT2D eigenvalue weighted by atomic mass is 35.5. The molecule has 0 aliphatic carbocycles. The Labute approximate surface area is 205 Å². The first-order valence-corrected chi connectivity index (χ1v) is 12.1. The highest BCUT2D eigenvalue weighted by Gasteiger charge is 2.33. The number of halogens is 1. The van der Waals surface area contributed by atoms with Crippen LogP contribution in [0.25, 0.3) is 5.57 Å². The van der Waals surface area contributed by atoms with Gasteiger partial charge in [-0.2, -0.15) is 0 Å². The van der Waals surface area contributed by atoms with Gasteiger partial charge in [0.2, 0.25) is 11.8 Å². The van der Waals surface area contributed by atoms with E-state index in [0.717, 1.165) is 30.8 Å². The molecule has 1 aliphatic rings. The van der Waals surface area contributed by atoms with Crippen LogP contribution in [-0.2, 0) is 6.42 Å². The van der Waals surface area contributed by atoms with Crippen LogP contribution in [0.2, 0.25) is 5.02 Å². The number of aliphatic hydroxyl groups is 1. The molecule has 0 saturated heterocycles. The number of aliphatic hydroxyl groups excluding tert-OH is 1. The topological polar surface area (TPSA) is 87.6 Å². The van der Waals surface area contributed by atoms with Gasteiger partial charge < -0.3 is 14.4 Å². The number of hydrogen-bond acceptors (Lipinski definition) is 7. The quantitative estimate of drug-likeness (QED) is 0.391. The van der Waals surface area contributed by atoms with Crippen LogP contribution < -0.4 is 0 Å². The third kappa shape index (κ3) is 5.47. The van der Waals surface area contributed by atoms with E-state index in [1.165, 1.54) is 5.56 Å². The molecule has 0 spiro atoms. The molecule has 0 fully saturated rings. The minimum atomic E-state index is -0.0576. The number of amidine groups is 1. The van der Waals surface area contributed by atoms with Crippen LogP contribution in [-0.4, -0.2) is 37.6 Å². The van der Waals surface area contributed by atoms with Crippen molar-refractivity contribution in [2.24, 2.45) is 10.9 Å². The smallest absolute Gasteiger partial charge is 0.250 e. The molecular weight excluding hydrogens is 450 g/mol. The number of nitrogens with zero attached hydrogens (tertiary/aromatic N) is 5. The summed E-state index contributed by atoms with van der Waals surface area (Å²) in [6.07, 6.45) is 4.81. The Morgan fingerprint density at radius 3 is 2.59 bits per heavy atom. The van der Waals surface area contributed by atoms with Crippen molar-refractivity contribution in [2.45, 2.75) is 52.5 Å². The van der Waals surface area contributed by atoms with Crippen molar-refractivity contribution in [3.8, 4) is 0 Å². The normalized spacial score (nSPS) is 15.1. The lowest BCUT2D eigenvalue weighted by molar-refractivity contribution is 0.257. The second kappa shape index (κ2) is 10.8. The summed E-state index contributed by atoms with van der Waals surface area (Å²) < 4.78 is 5.93. The predicted molar refractivity (Wildman–Crippen MR) is 134 cm³/mol. The molecule has 4 rings (SSSR count). The number of hydrogen-bond donors (Lipinski definition) is 1. The van der Waals surface area contributed by atoms with Gasteiger partial charge in [-0.3, -0.25) is 4.98 Å². The zero-order valence-corrected chi connectivity index (χ0v) is 20.5. The number of rotatable bonds is 9. The number of benzene rings is 1. The summed E-state index contributed by atoms with van der Waals surface area (Å²) in [6.45, 7) is 7.00. The van der Waals surface area contributed by atoms with E-state index < -0.39 is 0 Å². The van der Waals surface area contributed by atoms with E-state index in [9.17, 15) is 5.11 Å². The van der Waals surface area contributed by atoms with Crippen LogP contribution in [0.15, 0.2) is 64.0 Å². The van der Waals surface area contributed by atoms with Gasteiger partial charge in [0.1, 0.15) is 5.84 Å². The highest BCUT2D eigenvalue weighted by molar-refractivity contribution is 6.30. The van der Waals surface area contributed by atoms with Gasteiger partial charge in [-0.1, -0.05) is 69.1 Å². The average Bonchev–Trinajstić information content (AvgIpc) is 3.29. The number of pyridine rings is 1. The number of aromatic nitrogens is 3. The van der Waals surface area contributed by atoms with E-state index in [0.29, 0.717) is 35.4 Å². The second-order valence-corrected chi connectivity index (χ2v) is 9.24. The lowest BCUT2D eigenvalue weighted by atomic mass is 9.92. The van der Waals surface area contributed by atoms with Crippen LogP contribution in [0.1, 0.15) is 69.1 Å². The lowest BCUT2D eigenvalue weighted by Crippen LogP contribution is -2.40. The largest absolute Gasteiger partial charge is 0.493 e. The maximum atomic E-state index is 10.8. The lowest BCUT2D eigenvalue weighted by Gasteiger charge is -2.39. The zero-order valence-electron chi connectivity index (χ0n) is 19.8. The summed E-state index contributed by atoms with van der Waals surface area (Å²) in [6, 6.07) is 14.1. The fourth-order valence-corrected chi connectivity index (χ4v) is 4.34. The van der Waals surface area contributed by atoms with Gasteiger partial charge in [-0.15, -0.1) is 10.2 Å². The summed E-state index contributed by atoms with van der Waals surface area (Å²) >= 11 is 5.92. The number of unbranched alkanes of at least 4 members (excludes halogenated alkanes) is 1. The third-order valence-electron chi connectivity index (χ3n) is 5.87. The van der Waals surface area contributed by atoms with E-state index in [-0.39, 0.29) is 17.8 Å². The average molecular weight is 480 g/mol. The van der Waals surface area contributed by atoms with Crippen LogP contribution in [0.5, 0.6) is 0 Å². The maximum absolute atomic E-state index is 10.8. The van der Waals surface area contributed by atoms with E-state index in [1.54, 1.807) is 12.3 Å². The van der Waals surface area contributed by atoms with Gasteiger partial charge in [-0.25, -0.2) is 4.99 Å². The van der Waals surface area contributed by atoms with E-state index in [2.05, 4.69) is 70.1 Å². The monoisotopic (exact) mass is 479 g/mol. The second-order valence-electron chi connectivity index (χ2n) is 8.81. The van der Waals surface area contributed by atoms with Gasteiger partial charge in [0.25, 0.3) is 5.89 Å². The molecule has 1 atom stereocenters. The Bertz CT molecular complexity index is 1160. The SMILES string of the molecule is CCCCC1=NC(O)=C(c2nnc(Cc3ccc(Cl)cn3)o2)CN1C(c1ccccc1)C(C)C. The molecule has 0 amide bonds. The van der Waals surface area contributed by atoms with Gasteiger partial charge in [-0.05, 0) is 30.0 Å². The Morgan fingerprint density at radius 2 is 1.91 bits per heavy atom. The first-order chi connectivity index (χ1) is 16.5. The molecule has 1 aromatic carbocycles. The molecule has 34 heavy (non-hydrogen) atoms. The van der Waals surface area contributed by atoms with Crippen molar-refractivity contribution in [3.63, 3.8) is 0 Å².